The molecule has 1 aliphatic heterocycles. The highest BCUT2D eigenvalue weighted by atomic mass is 35.5. The van der Waals surface area contributed by atoms with E-state index in [1.807, 2.05) is 30.3 Å². The maximum Gasteiger partial charge on any atom is 0.325 e. The molecule has 0 N–H and O–H groups in total. The molecule has 1 heterocycles. The number of benzene rings is 2. The van der Waals surface area contributed by atoms with E-state index < -0.39 is 43.0 Å². The highest BCUT2D eigenvalue weighted by Gasteiger charge is 2.44. The van der Waals surface area contributed by atoms with Gasteiger partial charge in [-0.05, 0) is 31.5 Å². The van der Waals surface area contributed by atoms with Gasteiger partial charge in [0.05, 0.1) is 13.2 Å². The van der Waals surface area contributed by atoms with Crippen LogP contribution in [0.4, 0.5) is 0 Å². The lowest BCUT2D eigenvalue weighted by Gasteiger charge is -2.26. The zero-order valence-corrected chi connectivity index (χ0v) is 19.2. The van der Waals surface area contributed by atoms with Crippen LogP contribution in [-0.4, -0.2) is 54.8 Å². The molecule has 33 heavy (non-hydrogen) atoms. The molecule has 9 heteroatoms. The molecular formula is C24H25ClN2O6. The van der Waals surface area contributed by atoms with Crippen molar-refractivity contribution in [3.05, 3.63) is 70.7 Å². The van der Waals surface area contributed by atoms with E-state index in [-0.39, 0.29) is 13.2 Å². The summed E-state index contributed by atoms with van der Waals surface area (Å²) in [4.78, 5) is 45.0. The monoisotopic (exact) mass is 472 g/mol. The first kappa shape index (κ1) is 24.3. The largest absolute Gasteiger partial charge is 0.465 e. The molecule has 8 nitrogen and oxygen atoms in total. The topological polar surface area (TPSA) is 94.5 Å². The number of esters is 2. The van der Waals surface area contributed by atoms with Crippen molar-refractivity contribution in [1.82, 2.24) is 4.90 Å². The predicted molar refractivity (Wildman–Crippen MR) is 122 cm³/mol. The van der Waals surface area contributed by atoms with Gasteiger partial charge in [-0.1, -0.05) is 59.2 Å². The Hall–Kier alpha value is -3.39. The van der Waals surface area contributed by atoms with Crippen molar-refractivity contribution in [2.45, 2.75) is 20.0 Å². The van der Waals surface area contributed by atoms with Gasteiger partial charge in [0.2, 0.25) is 5.91 Å². The van der Waals surface area contributed by atoms with Gasteiger partial charge in [-0.15, -0.1) is 0 Å². The SMILES string of the molecule is CCOC(=O)CN(CC(=O)OCC)C(=O)[C@H]1C(c2ccc(Cl)cc2)=NO[C@@H]1c1ccccc1. The molecule has 0 radical (unpaired) electrons. The molecule has 0 bridgehead atoms. The second-order valence-corrected chi connectivity index (χ2v) is 7.64. The first-order valence-electron chi connectivity index (χ1n) is 10.6. The number of hydrogen-bond donors (Lipinski definition) is 0. The zero-order valence-electron chi connectivity index (χ0n) is 18.4. The molecule has 0 fully saturated rings. The molecule has 0 saturated heterocycles. The standard InChI is InChI=1S/C24H25ClN2O6/c1-3-31-19(28)14-27(15-20(29)32-4-2)24(30)21-22(16-10-12-18(25)13-11-16)26-33-23(21)17-8-6-5-7-9-17/h5-13,21,23H,3-4,14-15H2,1-2H3/t21-,23+/m0/s1. The van der Waals surface area contributed by atoms with Crippen LogP contribution >= 0.6 is 11.6 Å². The smallest absolute Gasteiger partial charge is 0.325 e. The van der Waals surface area contributed by atoms with E-state index in [4.69, 9.17) is 25.9 Å². The lowest BCUT2D eigenvalue weighted by Crippen LogP contribution is -2.46. The summed E-state index contributed by atoms with van der Waals surface area (Å²) in [5.74, 6) is -2.67. The van der Waals surface area contributed by atoms with Crippen molar-refractivity contribution in [1.29, 1.82) is 0 Å². The van der Waals surface area contributed by atoms with Crippen molar-refractivity contribution in [3.63, 3.8) is 0 Å². The second kappa shape index (κ2) is 11.5. The maximum atomic E-state index is 13.8. The van der Waals surface area contributed by atoms with Crippen LogP contribution in [0.5, 0.6) is 0 Å². The molecule has 0 spiro atoms. The summed E-state index contributed by atoms with van der Waals surface area (Å²) in [5, 5.41) is 4.74. The third-order valence-corrected chi connectivity index (χ3v) is 5.21. The molecule has 1 aliphatic rings. The molecular weight excluding hydrogens is 448 g/mol. The van der Waals surface area contributed by atoms with E-state index in [1.54, 1.807) is 38.1 Å². The van der Waals surface area contributed by atoms with E-state index in [9.17, 15) is 14.4 Å². The van der Waals surface area contributed by atoms with Gasteiger partial charge in [-0.25, -0.2) is 0 Å². The Balaban J connectivity index is 1.97. The van der Waals surface area contributed by atoms with Crippen LogP contribution in [0.2, 0.25) is 5.02 Å². The number of hydrogen-bond acceptors (Lipinski definition) is 7. The number of nitrogens with zero attached hydrogens (tertiary/aromatic N) is 2. The van der Waals surface area contributed by atoms with E-state index in [0.717, 1.165) is 10.5 Å². The van der Waals surface area contributed by atoms with Gasteiger partial charge in [0, 0.05) is 10.6 Å². The van der Waals surface area contributed by atoms with E-state index in [0.29, 0.717) is 16.3 Å². The van der Waals surface area contributed by atoms with Gasteiger partial charge >= 0.3 is 11.9 Å². The van der Waals surface area contributed by atoms with Crippen LogP contribution < -0.4 is 0 Å². The van der Waals surface area contributed by atoms with Crippen molar-refractivity contribution in [3.8, 4) is 0 Å². The Labute approximate surface area is 197 Å². The molecule has 2 atom stereocenters. The van der Waals surface area contributed by atoms with Gasteiger partial charge in [0.1, 0.15) is 24.7 Å². The van der Waals surface area contributed by atoms with Gasteiger partial charge in [-0.2, -0.15) is 0 Å². The molecule has 174 valence electrons. The van der Waals surface area contributed by atoms with Crippen LogP contribution in [0.3, 0.4) is 0 Å². The average Bonchev–Trinajstić information content (AvgIpc) is 3.24. The minimum Gasteiger partial charge on any atom is -0.465 e. The Morgan fingerprint density at radius 2 is 1.52 bits per heavy atom. The molecule has 2 aromatic rings. The fourth-order valence-corrected chi connectivity index (χ4v) is 3.63. The van der Waals surface area contributed by atoms with Crippen molar-refractivity contribution >= 4 is 35.2 Å². The van der Waals surface area contributed by atoms with E-state index >= 15 is 0 Å². The van der Waals surface area contributed by atoms with Crippen LogP contribution in [-0.2, 0) is 28.7 Å². The number of carbonyl (C=O) groups excluding carboxylic acids is 3. The second-order valence-electron chi connectivity index (χ2n) is 7.20. The Morgan fingerprint density at radius 3 is 2.06 bits per heavy atom. The van der Waals surface area contributed by atoms with Crippen molar-refractivity contribution in [2.24, 2.45) is 11.1 Å². The number of oxime groups is 1. The quantitative estimate of drug-likeness (QED) is 0.519. The van der Waals surface area contributed by atoms with Gasteiger partial charge in [0.15, 0.2) is 6.10 Å². The third kappa shape index (κ3) is 6.10. The summed E-state index contributed by atoms with van der Waals surface area (Å²) in [6.07, 6.45) is -0.740. The number of halogens is 1. The van der Waals surface area contributed by atoms with Crippen molar-refractivity contribution < 1.29 is 28.7 Å². The maximum absolute atomic E-state index is 13.8. The van der Waals surface area contributed by atoms with Crippen LogP contribution in [0, 0.1) is 5.92 Å². The highest BCUT2D eigenvalue weighted by Crippen LogP contribution is 2.36. The summed E-state index contributed by atoms with van der Waals surface area (Å²) in [7, 11) is 0. The molecule has 0 aromatic heterocycles. The minimum absolute atomic E-state index is 0.150. The Kier molecular flexibility index (Phi) is 8.43. The summed E-state index contributed by atoms with van der Waals surface area (Å²) in [6.45, 7) is 2.82. The molecule has 0 saturated carbocycles. The van der Waals surface area contributed by atoms with Crippen LogP contribution in [0.15, 0.2) is 59.8 Å². The normalized spacial score (nSPS) is 17.0. The molecule has 3 rings (SSSR count). The summed E-state index contributed by atoms with van der Waals surface area (Å²) >= 11 is 6.02. The lowest BCUT2D eigenvalue weighted by molar-refractivity contribution is -0.155. The Bertz CT molecular complexity index is 989. The first-order valence-corrected chi connectivity index (χ1v) is 11.0. The number of carbonyl (C=O) groups is 3. The van der Waals surface area contributed by atoms with Crippen LogP contribution in [0.25, 0.3) is 0 Å². The fourth-order valence-electron chi connectivity index (χ4n) is 3.50. The summed E-state index contributed by atoms with van der Waals surface area (Å²) < 4.78 is 10.0. The minimum atomic E-state index is -0.905. The molecule has 2 aromatic carbocycles. The van der Waals surface area contributed by atoms with Gasteiger partial charge in [0.25, 0.3) is 0 Å². The first-order chi connectivity index (χ1) is 15.9. The van der Waals surface area contributed by atoms with Crippen molar-refractivity contribution in [2.75, 3.05) is 26.3 Å². The van der Waals surface area contributed by atoms with Gasteiger partial charge < -0.3 is 19.2 Å². The third-order valence-electron chi connectivity index (χ3n) is 4.96. The number of amides is 1. The number of ether oxygens (including phenoxy) is 2. The highest BCUT2D eigenvalue weighted by molar-refractivity contribution is 6.30. The zero-order chi connectivity index (χ0) is 23.8. The van der Waals surface area contributed by atoms with E-state index in [2.05, 4.69) is 5.16 Å². The van der Waals surface area contributed by atoms with E-state index in [1.165, 1.54) is 0 Å². The fraction of sp³-hybridized carbons (Fsp3) is 0.333. The summed E-state index contributed by atoms with van der Waals surface area (Å²) in [6, 6.07) is 16.0. The Morgan fingerprint density at radius 1 is 0.939 bits per heavy atom. The molecule has 0 aliphatic carbocycles. The number of rotatable bonds is 9. The predicted octanol–water partition coefficient (Wildman–Crippen LogP) is 3.39. The summed E-state index contributed by atoms with van der Waals surface area (Å²) in [5.41, 5.74) is 1.75. The lowest BCUT2D eigenvalue weighted by atomic mass is 9.87. The molecule has 0 unspecified atom stereocenters. The van der Waals surface area contributed by atoms with Gasteiger partial charge in [-0.3, -0.25) is 14.4 Å². The van der Waals surface area contributed by atoms with Crippen LogP contribution in [0.1, 0.15) is 31.1 Å². The average molecular weight is 473 g/mol. The molecule has 1 amide bonds.